The van der Waals surface area contributed by atoms with Crippen LogP contribution < -0.4 is 5.32 Å². The summed E-state index contributed by atoms with van der Waals surface area (Å²) in [4.78, 5) is 30.1. The average molecular weight is 365 g/mol. The number of rotatable bonds is 5. The van der Waals surface area contributed by atoms with E-state index in [2.05, 4.69) is 15.4 Å². The van der Waals surface area contributed by atoms with Crippen molar-refractivity contribution in [1.29, 1.82) is 0 Å². The number of amides is 2. The van der Waals surface area contributed by atoms with Gasteiger partial charge < -0.3 is 15.2 Å². The quantitative estimate of drug-likeness (QED) is 0.729. The summed E-state index contributed by atoms with van der Waals surface area (Å²) in [5.74, 6) is -0.151. The van der Waals surface area contributed by atoms with Crippen molar-refractivity contribution in [3.8, 4) is 0 Å². The Hall–Kier alpha value is -3.09. The van der Waals surface area contributed by atoms with Crippen molar-refractivity contribution in [2.75, 3.05) is 5.32 Å². The van der Waals surface area contributed by atoms with E-state index in [1.54, 1.807) is 15.8 Å². The average Bonchev–Trinajstić information content (AvgIpc) is 3.36. The molecule has 3 aromatic rings. The Balaban J connectivity index is 1.51. The molecule has 0 radical (unpaired) electrons. The predicted molar refractivity (Wildman–Crippen MR) is 103 cm³/mol. The molecule has 1 aliphatic heterocycles. The summed E-state index contributed by atoms with van der Waals surface area (Å²) in [6.07, 6.45) is 6.29. The minimum Gasteiger partial charge on any atom is -0.361 e. The van der Waals surface area contributed by atoms with Crippen molar-refractivity contribution in [3.05, 3.63) is 48.4 Å². The van der Waals surface area contributed by atoms with Gasteiger partial charge in [0.2, 0.25) is 11.8 Å². The highest BCUT2D eigenvalue weighted by atomic mass is 16.2. The SMILES string of the molecule is CC(C)n1cc(NC(=O)C2CCC(=O)N2Cc2c[nH]c3ccccc23)cn1. The maximum absolute atomic E-state index is 12.8. The molecular formula is C20H23N5O2. The van der Waals surface area contributed by atoms with E-state index in [-0.39, 0.29) is 17.9 Å². The Morgan fingerprint density at radius 3 is 2.96 bits per heavy atom. The molecule has 27 heavy (non-hydrogen) atoms. The Bertz CT molecular complexity index is 987. The standard InChI is InChI=1S/C20H23N5O2/c1-13(2)25-12-15(10-22-25)23-20(27)18-7-8-19(26)24(18)11-14-9-21-17-6-4-3-5-16(14)17/h3-6,9-10,12-13,18,21H,7-8,11H2,1-2H3,(H,23,27). The third kappa shape index (κ3) is 3.32. The van der Waals surface area contributed by atoms with Crippen LogP contribution in [0.2, 0.25) is 0 Å². The van der Waals surface area contributed by atoms with Gasteiger partial charge in [-0.1, -0.05) is 18.2 Å². The van der Waals surface area contributed by atoms with Gasteiger partial charge in [-0.3, -0.25) is 14.3 Å². The zero-order valence-corrected chi connectivity index (χ0v) is 15.5. The van der Waals surface area contributed by atoms with Crippen LogP contribution >= 0.6 is 0 Å². The van der Waals surface area contributed by atoms with E-state index >= 15 is 0 Å². The number of hydrogen-bond donors (Lipinski definition) is 2. The van der Waals surface area contributed by atoms with Crippen LogP contribution in [0.5, 0.6) is 0 Å². The minimum atomic E-state index is -0.464. The fourth-order valence-corrected chi connectivity index (χ4v) is 3.56. The molecule has 3 heterocycles. The van der Waals surface area contributed by atoms with Crippen molar-refractivity contribution >= 4 is 28.4 Å². The summed E-state index contributed by atoms with van der Waals surface area (Å²) < 4.78 is 1.79. The van der Waals surface area contributed by atoms with Gasteiger partial charge in [-0.25, -0.2) is 0 Å². The lowest BCUT2D eigenvalue weighted by Gasteiger charge is -2.23. The monoisotopic (exact) mass is 365 g/mol. The fourth-order valence-electron chi connectivity index (χ4n) is 3.56. The first-order valence-corrected chi connectivity index (χ1v) is 9.22. The number of benzene rings is 1. The van der Waals surface area contributed by atoms with E-state index in [4.69, 9.17) is 0 Å². The molecule has 0 saturated carbocycles. The van der Waals surface area contributed by atoms with Gasteiger partial charge in [0.1, 0.15) is 6.04 Å². The molecule has 4 rings (SSSR count). The molecule has 1 fully saturated rings. The summed E-state index contributed by atoms with van der Waals surface area (Å²) >= 11 is 0. The number of carbonyl (C=O) groups excluding carboxylic acids is 2. The maximum atomic E-state index is 12.8. The first-order valence-electron chi connectivity index (χ1n) is 9.22. The highest BCUT2D eigenvalue weighted by molar-refractivity contribution is 5.99. The van der Waals surface area contributed by atoms with Gasteiger partial charge in [-0.2, -0.15) is 5.10 Å². The van der Waals surface area contributed by atoms with Crippen molar-refractivity contribution in [3.63, 3.8) is 0 Å². The molecule has 140 valence electrons. The number of likely N-dealkylation sites (tertiary alicyclic amines) is 1. The zero-order valence-electron chi connectivity index (χ0n) is 15.5. The highest BCUT2D eigenvalue weighted by Crippen LogP contribution is 2.26. The van der Waals surface area contributed by atoms with E-state index in [1.165, 1.54) is 0 Å². The number of carbonyl (C=O) groups is 2. The lowest BCUT2D eigenvalue weighted by molar-refractivity contribution is -0.133. The first-order chi connectivity index (χ1) is 13.0. The predicted octanol–water partition coefficient (Wildman–Crippen LogP) is 3.08. The van der Waals surface area contributed by atoms with Crippen LogP contribution in [0.25, 0.3) is 10.9 Å². The molecule has 1 atom stereocenters. The Kier molecular flexibility index (Phi) is 4.43. The van der Waals surface area contributed by atoms with Gasteiger partial charge in [-0.15, -0.1) is 0 Å². The number of nitrogens with one attached hydrogen (secondary N) is 2. The van der Waals surface area contributed by atoms with Crippen LogP contribution in [0.15, 0.2) is 42.9 Å². The van der Waals surface area contributed by atoms with E-state index in [0.717, 1.165) is 16.5 Å². The zero-order chi connectivity index (χ0) is 19.0. The number of anilines is 1. The number of H-pyrrole nitrogens is 1. The number of aromatic nitrogens is 3. The maximum Gasteiger partial charge on any atom is 0.247 e. The van der Waals surface area contributed by atoms with Crippen molar-refractivity contribution in [1.82, 2.24) is 19.7 Å². The molecule has 7 heteroatoms. The molecule has 1 aromatic carbocycles. The Morgan fingerprint density at radius 2 is 2.19 bits per heavy atom. The highest BCUT2D eigenvalue weighted by Gasteiger charge is 2.36. The van der Waals surface area contributed by atoms with E-state index in [0.29, 0.717) is 25.1 Å². The van der Waals surface area contributed by atoms with Gasteiger partial charge >= 0.3 is 0 Å². The van der Waals surface area contributed by atoms with Crippen molar-refractivity contribution in [2.24, 2.45) is 0 Å². The number of fused-ring (bicyclic) bond motifs is 1. The van der Waals surface area contributed by atoms with E-state index in [9.17, 15) is 9.59 Å². The number of aromatic amines is 1. The molecule has 0 spiro atoms. The first kappa shape index (κ1) is 17.3. The fraction of sp³-hybridized carbons (Fsp3) is 0.350. The smallest absolute Gasteiger partial charge is 0.247 e. The largest absolute Gasteiger partial charge is 0.361 e. The van der Waals surface area contributed by atoms with Crippen LogP contribution in [0.3, 0.4) is 0 Å². The van der Waals surface area contributed by atoms with Crippen LogP contribution in [0.1, 0.15) is 38.3 Å². The third-order valence-corrected chi connectivity index (χ3v) is 5.04. The number of nitrogens with zero attached hydrogens (tertiary/aromatic N) is 3. The Morgan fingerprint density at radius 1 is 1.37 bits per heavy atom. The van der Waals surface area contributed by atoms with Gasteiger partial charge in [0.25, 0.3) is 0 Å². The second-order valence-electron chi connectivity index (χ2n) is 7.23. The molecule has 0 bridgehead atoms. The Labute approximate surface area is 157 Å². The normalized spacial score (nSPS) is 17.2. The summed E-state index contributed by atoms with van der Waals surface area (Å²) in [7, 11) is 0. The number of para-hydroxylation sites is 1. The molecule has 1 saturated heterocycles. The van der Waals surface area contributed by atoms with Gasteiger partial charge in [0, 0.05) is 42.3 Å². The van der Waals surface area contributed by atoms with Crippen LogP contribution in [-0.2, 0) is 16.1 Å². The molecular weight excluding hydrogens is 342 g/mol. The minimum absolute atomic E-state index is 0.0123. The molecule has 2 aromatic heterocycles. The van der Waals surface area contributed by atoms with Gasteiger partial charge in [-0.05, 0) is 31.9 Å². The number of hydrogen-bond acceptors (Lipinski definition) is 3. The van der Waals surface area contributed by atoms with E-state index < -0.39 is 6.04 Å². The van der Waals surface area contributed by atoms with Crippen LogP contribution in [0.4, 0.5) is 5.69 Å². The van der Waals surface area contributed by atoms with E-state index in [1.807, 2.05) is 50.5 Å². The lowest BCUT2D eigenvalue weighted by Crippen LogP contribution is -2.41. The summed E-state index contributed by atoms with van der Waals surface area (Å²) in [5, 5.41) is 8.22. The second kappa shape index (κ2) is 6.90. The van der Waals surface area contributed by atoms with Gasteiger partial charge in [0.15, 0.2) is 0 Å². The van der Waals surface area contributed by atoms with Crippen molar-refractivity contribution < 1.29 is 9.59 Å². The molecule has 2 N–H and O–H groups in total. The van der Waals surface area contributed by atoms with Crippen LogP contribution in [-0.4, -0.2) is 37.5 Å². The summed E-state index contributed by atoms with van der Waals surface area (Å²) in [6.45, 7) is 4.47. The second-order valence-corrected chi connectivity index (χ2v) is 7.23. The molecule has 1 aliphatic rings. The molecule has 0 aliphatic carbocycles. The molecule has 1 unspecified atom stereocenters. The lowest BCUT2D eigenvalue weighted by atomic mass is 10.1. The third-order valence-electron chi connectivity index (χ3n) is 5.04. The topological polar surface area (TPSA) is 83.0 Å². The summed E-state index contributed by atoms with van der Waals surface area (Å²) in [5.41, 5.74) is 2.70. The van der Waals surface area contributed by atoms with Gasteiger partial charge in [0.05, 0.1) is 11.9 Å². The van der Waals surface area contributed by atoms with Crippen molar-refractivity contribution in [2.45, 2.75) is 45.3 Å². The molecule has 2 amide bonds. The summed E-state index contributed by atoms with van der Waals surface area (Å²) in [6, 6.07) is 7.73. The van der Waals surface area contributed by atoms with Crippen LogP contribution in [0, 0.1) is 0 Å². The molecule has 7 nitrogen and oxygen atoms in total.